The number of hydrogen-bond donors (Lipinski definition) is 2. The van der Waals surface area contributed by atoms with Crippen molar-refractivity contribution in [2.75, 3.05) is 42.9 Å². The van der Waals surface area contributed by atoms with Crippen molar-refractivity contribution in [1.82, 2.24) is 45.0 Å². The summed E-state index contributed by atoms with van der Waals surface area (Å²) in [7, 11) is 0. The van der Waals surface area contributed by atoms with E-state index in [-0.39, 0.29) is 11.8 Å². The molecule has 58 heavy (non-hydrogen) atoms. The second kappa shape index (κ2) is 15.3. The molecule has 4 aromatic heterocycles. The van der Waals surface area contributed by atoms with Gasteiger partial charge in [0.2, 0.25) is 11.8 Å². The standard InChI is InChI=1S/C43H47N13O2/c1-27(17-44)49-36-16-39(56-41-31(20-48-56)15-29(18-45)19-47-41)46-21-38(36)55-26-37(51-52-55)30-5-3-28(4-6-30)12-14-53-22-32-24-54(25-33(32)23-53)35-9-7-34(8-10-35)43(2)13-11-40(57)50-42(43)58/h7-10,15-16,19-21,26-28,30,32-33H,3-6,11-14,22-25H2,1-2H3,(H,46,49)(H,50,57,58)/t27-,28?,30?,32-,33+,43-/m1/s1. The van der Waals surface area contributed by atoms with Gasteiger partial charge in [-0.2, -0.15) is 20.3 Å². The first-order valence-corrected chi connectivity index (χ1v) is 20.4. The Balaban J connectivity index is 0.770. The summed E-state index contributed by atoms with van der Waals surface area (Å²) in [5.74, 6) is 2.56. The fourth-order valence-electron chi connectivity index (χ4n) is 9.56. The molecule has 0 radical (unpaired) electrons. The number of rotatable bonds is 10. The van der Waals surface area contributed by atoms with Gasteiger partial charge in [0.1, 0.15) is 17.8 Å². The van der Waals surface area contributed by atoms with Crippen LogP contribution < -0.4 is 15.5 Å². The van der Waals surface area contributed by atoms with Gasteiger partial charge in [-0.25, -0.2) is 14.6 Å². The summed E-state index contributed by atoms with van der Waals surface area (Å²) >= 11 is 0. The van der Waals surface area contributed by atoms with E-state index in [4.69, 9.17) is 0 Å². The number of pyridine rings is 2. The van der Waals surface area contributed by atoms with Crippen LogP contribution in [0.3, 0.4) is 0 Å². The molecule has 296 valence electrons. The van der Waals surface area contributed by atoms with Crippen LogP contribution in [0.25, 0.3) is 22.5 Å². The molecule has 3 saturated heterocycles. The van der Waals surface area contributed by atoms with Crippen LogP contribution in [-0.2, 0) is 15.0 Å². The molecular formula is C43H47N13O2. The minimum absolute atomic E-state index is 0.185. The molecule has 2 amide bonds. The lowest BCUT2D eigenvalue weighted by atomic mass is 9.75. The summed E-state index contributed by atoms with van der Waals surface area (Å²) in [6, 6.07) is 15.9. The fraction of sp³-hybridized carbons (Fsp3) is 0.465. The second-order valence-electron chi connectivity index (χ2n) is 16.9. The molecule has 3 aliphatic heterocycles. The van der Waals surface area contributed by atoms with Crippen molar-refractivity contribution >= 4 is 34.2 Å². The number of carbonyl (C=O) groups is 2. The molecule has 0 bridgehead atoms. The van der Waals surface area contributed by atoms with Crippen molar-refractivity contribution in [3.63, 3.8) is 0 Å². The van der Waals surface area contributed by atoms with E-state index in [0.717, 1.165) is 62.2 Å². The largest absolute Gasteiger partial charge is 0.371 e. The molecule has 15 nitrogen and oxygen atoms in total. The minimum Gasteiger partial charge on any atom is -0.371 e. The van der Waals surface area contributed by atoms with Crippen molar-refractivity contribution in [1.29, 1.82) is 10.5 Å². The zero-order valence-electron chi connectivity index (χ0n) is 32.9. The maximum Gasteiger partial charge on any atom is 0.236 e. The third-order valence-electron chi connectivity index (χ3n) is 13.1. The first-order chi connectivity index (χ1) is 28.2. The molecule has 4 atom stereocenters. The monoisotopic (exact) mass is 777 g/mol. The summed E-state index contributed by atoms with van der Waals surface area (Å²) in [5, 5.41) is 39.0. The fourth-order valence-corrected chi connectivity index (χ4v) is 9.56. The molecule has 0 spiro atoms. The van der Waals surface area contributed by atoms with Crippen LogP contribution in [0.1, 0.15) is 81.5 Å². The van der Waals surface area contributed by atoms with Crippen LogP contribution in [0.4, 0.5) is 11.4 Å². The molecular weight excluding hydrogens is 731 g/mol. The number of aromatic nitrogens is 7. The topological polar surface area (TPSA) is 187 Å². The number of anilines is 2. The first kappa shape index (κ1) is 37.4. The number of nitrogens with zero attached hydrogens (tertiary/aromatic N) is 11. The molecule has 15 heteroatoms. The summed E-state index contributed by atoms with van der Waals surface area (Å²) in [6.45, 7) is 9.33. The molecule has 1 aromatic carbocycles. The highest BCUT2D eigenvalue weighted by molar-refractivity contribution is 6.03. The van der Waals surface area contributed by atoms with E-state index in [0.29, 0.717) is 64.9 Å². The van der Waals surface area contributed by atoms with Crippen LogP contribution in [0, 0.1) is 40.4 Å². The Morgan fingerprint density at radius 1 is 0.983 bits per heavy atom. The average molecular weight is 778 g/mol. The SMILES string of the molecule is C[C@H](C#N)Nc1cc(-n2ncc3cc(C#N)cnc32)ncc1-n1cc(C2CCC(CCN3C[C@@H]4CN(c5ccc([C@@]6(C)CCC(=O)NC6=O)cc5)C[C@@H]4C3)CC2)nn1. The van der Waals surface area contributed by atoms with Crippen LogP contribution >= 0.6 is 0 Å². The van der Waals surface area contributed by atoms with Crippen LogP contribution in [-0.4, -0.2) is 90.2 Å². The van der Waals surface area contributed by atoms with E-state index in [2.05, 4.69) is 82.2 Å². The van der Waals surface area contributed by atoms with Crippen molar-refractivity contribution in [3.05, 3.63) is 78.0 Å². The van der Waals surface area contributed by atoms with E-state index in [1.54, 1.807) is 34.7 Å². The molecule has 4 aliphatic rings. The highest BCUT2D eigenvalue weighted by atomic mass is 16.2. The number of likely N-dealkylation sites (tertiary alicyclic amines) is 1. The lowest BCUT2D eigenvalue weighted by Crippen LogP contribution is -2.49. The van der Waals surface area contributed by atoms with Gasteiger partial charge in [-0.3, -0.25) is 14.9 Å². The number of piperidine rings is 1. The quantitative estimate of drug-likeness (QED) is 0.181. The van der Waals surface area contributed by atoms with E-state index >= 15 is 0 Å². The zero-order valence-corrected chi connectivity index (χ0v) is 32.9. The van der Waals surface area contributed by atoms with E-state index in [1.807, 2.05) is 19.2 Å². The van der Waals surface area contributed by atoms with Gasteiger partial charge < -0.3 is 15.1 Å². The number of amides is 2. The summed E-state index contributed by atoms with van der Waals surface area (Å²) < 4.78 is 3.36. The summed E-state index contributed by atoms with van der Waals surface area (Å²) in [6.07, 6.45) is 13.6. The number of imide groups is 1. The maximum absolute atomic E-state index is 12.6. The molecule has 4 fully saturated rings. The first-order valence-electron chi connectivity index (χ1n) is 20.4. The van der Waals surface area contributed by atoms with Gasteiger partial charge in [-0.1, -0.05) is 17.3 Å². The van der Waals surface area contributed by atoms with Crippen molar-refractivity contribution < 1.29 is 9.59 Å². The average Bonchev–Trinajstić information content (AvgIpc) is 4.06. The van der Waals surface area contributed by atoms with Gasteiger partial charge in [-0.05, 0) is 100 Å². The van der Waals surface area contributed by atoms with Gasteiger partial charge in [0.25, 0.3) is 0 Å². The number of fused-ring (bicyclic) bond motifs is 2. The number of hydrogen-bond acceptors (Lipinski definition) is 12. The molecule has 1 aliphatic carbocycles. The Bertz CT molecular complexity index is 2420. The number of benzene rings is 1. The molecule has 7 heterocycles. The Kier molecular flexibility index (Phi) is 9.85. The summed E-state index contributed by atoms with van der Waals surface area (Å²) in [4.78, 5) is 38.6. The number of nitrogens with one attached hydrogen (secondary N) is 2. The highest BCUT2D eigenvalue weighted by Gasteiger charge is 2.42. The van der Waals surface area contributed by atoms with Gasteiger partial charge in [0.15, 0.2) is 11.5 Å². The number of nitriles is 2. The smallest absolute Gasteiger partial charge is 0.236 e. The van der Waals surface area contributed by atoms with E-state index in [1.165, 1.54) is 31.1 Å². The Morgan fingerprint density at radius 3 is 2.48 bits per heavy atom. The maximum atomic E-state index is 12.6. The van der Waals surface area contributed by atoms with Gasteiger partial charge >= 0.3 is 0 Å². The molecule has 2 N–H and O–H groups in total. The summed E-state index contributed by atoms with van der Waals surface area (Å²) in [5.41, 5.74) is 4.90. The van der Waals surface area contributed by atoms with Crippen LogP contribution in [0.15, 0.2) is 61.2 Å². The van der Waals surface area contributed by atoms with Crippen molar-refractivity contribution in [2.45, 2.75) is 76.2 Å². The predicted molar refractivity (Wildman–Crippen MR) is 216 cm³/mol. The molecule has 9 rings (SSSR count). The third-order valence-corrected chi connectivity index (χ3v) is 13.1. The predicted octanol–water partition coefficient (Wildman–Crippen LogP) is 5.02. The van der Waals surface area contributed by atoms with Gasteiger partial charge in [-0.15, -0.1) is 5.10 Å². The Hall–Kier alpha value is -6.19. The number of carbonyl (C=O) groups excluding carboxylic acids is 2. The van der Waals surface area contributed by atoms with Gasteiger partial charge in [0.05, 0.1) is 47.0 Å². The minimum atomic E-state index is -0.662. The Morgan fingerprint density at radius 2 is 1.76 bits per heavy atom. The van der Waals surface area contributed by atoms with Crippen LogP contribution in [0.2, 0.25) is 0 Å². The zero-order chi connectivity index (χ0) is 40.0. The second-order valence-corrected chi connectivity index (χ2v) is 16.9. The van der Waals surface area contributed by atoms with E-state index in [9.17, 15) is 20.1 Å². The Labute approximate surface area is 337 Å². The van der Waals surface area contributed by atoms with Crippen LogP contribution in [0.5, 0.6) is 0 Å². The highest BCUT2D eigenvalue weighted by Crippen LogP contribution is 2.39. The molecule has 0 unspecified atom stereocenters. The van der Waals surface area contributed by atoms with E-state index < -0.39 is 11.5 Å². The lowest BCUT2D eigenvalue weighted by Gasteiger charge is -2.32. The van der Waals surface area contributed by atoms with Gasteiger partial charge in [0, 0.05) is 61.9 Å². The molecule has 5 aromatic rings. The molecule has 1 saturated carbocycles. The normalized spacial score (nSPS) is 25.3. The van der Waals surface area contributed by atoms with Crippen molar-refractivity contribution in [3.8, 4) is 23.6 Å². The lowest BCUT2D eigenvalue weighted by molar-refractivity contribution is -0.137. The third kappa shape index (κ3) is 7.15. The van der Waals surface area contributed by atoms with Crippen molar-refractivity contribution in [2.24, 2.45) is 17.8 Å².